The maximum absolute atomic E-state index is 10.8. The molecule has 0 aliphatic carbocycles. The van der Waals surface area contributed by atoms with E-state index in [4.69, 9.17) is 21.9 Å². The maximum Gasteiger partial charge on any atom is 0.255 e. The second-order valence-corrected chi connectivity index (χ2v) is 3.20. The van der Waals surface area contributed by atoms with Crippen LogP contribution in [-0.4, -0.2) is 18.4 Å². The van der Waals surface area contributed by atoms with Crippen molar-refractivity contribution in [3.05, 3.63) is 29.8 Å². The van der Waals surface area contributed by atoms with Crippen molar-refractivity contribution in [2.45, 2.75) is 6.04 Å². The lowest BCUT2D eigenvalue weighted by Crippen LogP contribution is -2.28. The van der Waals surface area contributed by atoms with E-state index in [1.807, 2.05) is 0 Å². The van der Waals surface area contributed by atoms with E-state index < -0.39 is 17.9 Å². The van der Waals surface area contributed by atoms with Gasteiger partial charge in [0.15, 0.2) is 6.61 Å². The number of amides is 2. The van der Waals surface area contributed by atoms with Crippen LogP contribution >= 0.6 is 0 Å². The van der Waals surface area contributed by atoms with Crippen LogP contribution in [0.25, 0.3) is 0 Å². The highest BCUT2D eigenvalue weighted by Gasteiger charge is 2.11. The Bertz CT molecular complexity index is 389. The van der Waals surface area contributed by atoms with Crippen molar-refractivity contribution in [1.82, 2.24) is 0 Å². The molecule has 6 heteroatoms. The first-order valence-electron chi connectivity index (χ1n) is 4.56. The maximum atomic E-state index is 10.8. The molecule has 0 spiro atoms. The van der Waals surface area contributed by atoms with E-state index >= 15 is 0 Å². The average Bonchev–Trinajstić information content (AvgIpc) is 2.26. The first-order valence-corrected chi connectivity index (χ1v) is 4.56. The number of hydrogen-bond acceptors (Lipinski definition) is 4. The first kappa shape index (κ1) is 12.0. The van der Waals surface area contributed by atoms with Gasteiger partial charge in [0, 0.05) is 0 Å². The molecule has 0 radical (unpaired) electrons. The fraction of sp³-hybridized carbons (Fsp3) is 0.200. The van der Waals surface area contributed by atoms with Crippen LogP contribution in [0.1, 0.15) is 11.6 Å². The predicted molar refractivity (Wildman–Crippen MR) is 57.3 cm³/mol. The molecule has 0 aliphatic heterocycles. The molecule has 0 aliphatic rings. The van der Waals surface area contributed by atoms with Crippen molar-refractivity contribution in [3.63, 3.8) is 0 Å². The molecule has 16 heavy (non-hydrogen) atoms. The molecule has 0 fully saturated rings. The molecule has 1 aromatic rings. The van der Waals surface area contributed by atoms with Crippen LogP contribution in [0.2, 0.25) is 0 Å². The molecule has 6 N–H and O–H groups in total. The summed E-state index contributed by atoms with van der Waals surface area (Å²) in [6.45, 7) is -0.193. The van der Waals surface area contributed by atoms with Gasteiger partial charge < -0.3 is 21.9 Å². The zero-order valence-corrected chi connectivity index (χ0v) is 8.55. The molecule has 1 unspecified atom stereocenters. The van der Waals surface area contributed by atoms with Crippen molar-refractivity contribution in [2.75, 3.05) is 6.61 Å². The van der Waals surface area contributed by atoms with Gasteiger partial charge in [-0.15, -0.1) is 0 Å². The molecule has 1 rings (SSSR count). The zero-order valence-electron chi connectivity index (χ0n) is 8.55. The standard InChI is InChI=1S/C10H13N3O3/c11-8(14)5-16-7-3-1-6(2-4-7)9(12)10(13)15/h1-4,9H,5,12H2,(H2,11,14)(H2,13,15). The Morgan fingerprint density at radius 1 is 1.19 bits per heavy atom. The molecule has 6 nitrogen and oxygen atoms in total. The van der Waals surface area contributed by atoms with Gasteiger partial charge in [0.1, 0.15) is 11.8 Å². The van der Waals surface area contributed by atoms with Crippen molar-refractivity contribution in [2.24, 2.45) is 17.2 Å². The monoisotopic (exact) mass is 223 g/mol. The minimum Gasteiger partial charge on any atom is -0.484 e. The van der Waals surface area contributed by atoms with E-state index in [-0.39, 0.29) is 6.61 Å². The van der Waals surface area contributed by atoms with Gasteiger partial charge in [-0.3, -0.25) is 9.59 Å². The minimum atomic E-state index is -0.842. The van der Waals surface area contributed by atoms with E-state index in [1.165, 1.54) is 0 Å². The second kappa shape index (κ2) is 5.13. The van der Waals surface area contributed by atoms with Crippen LogP contribution in [0.5, 0.6) is 5.75 Å². The molecule has 0 saturated carbocycles. The van der Waals surface area contributed by atoms with Gasteiger partial charge in [0.05, 0.1) is 0 Å². The summed E-state index contributed by atoms with van der Waals surface area (Å²) >= 11 is 0. The molecule has 0 aromatic heterocycles. The summed E-state index contributed by atoms with van der Waals surface area (Å²) in [5, 5.41) is 0. The van der Waals surface area contributed by atoms with Crippen LogP contribution in [0.15, 0.2) is 24.3 Å². The number of nitrogens with two attached hydrogens (primary N) is 3. The van der Waals surface area contributed by atoms with Crippen molar-refractivity contribution < 1.29 is 14.3 Å². The van der Waals surface area contributed by atoms with Crippen LogP contribution in [0.4, 0.5) is 0 Å². The van der Waals surface area contributed by atoms with Gasteiger partial charge in [-0.05, 0) is 17.7 Å². The van der Waals surface area contributed by atoms with Crippen LogP contribution in [0, 0.1) is 0 Å². The van der Waals surface area contributed by atoms with Gasteiger partial charge in [0.2, 0.25) is 5.91 Å². The Kier molecular flexibility index (Phi) is 3.84. The Balaban J connectivity index is 2.67. The highest BCUT2D eigenvalue weighted by Crippen LogP contribution is 2.16. The Morgan fingerprint density at radius 2 is 1.75 bits per heavy atom. The molecule has 0 heterocycles. The van der Waals surface area contributed by atoms with Crippen molar-refractivity contribution in [3.8, 4) is 5.75 Å². The highest BCUT2D eigenvalue weighted by atomic mass is 16.5. The van der Waals surface area contributed by atoms with E-state index in [1.54, 1.807) is 24.3 Å². The first-order chi connectivity index (χ1) is 7.50. The average molecular weight is 223 g/mol. The summed E-state index contributed by atoms with van der Waals surface area (Å²) in [6.07, 6.45) is 0. The van der Waals surface area contributed by atoms with Crippen LogP contribution in [-0.2, 0) is 9.59 Å². The van der Waals surface area contributed by atoms with Crippen LogP contribution < -0.4 is 21.9 Å². The number of rotatable bonds is 5. The number of carbonyl (C=O) groups excluding carboxylic acids is 2. The zero-order chi connectivity index (χ0) is 12.1. The fourth-order valence-electron chi connectivity index (χ4n) is 1.09. The Morgan fingerprint density at radius 3 is 2.19 bits per heavy atom. The number of primary amides is 2. The molecular formula is C10H13N3O3. The van der Waals surface area contributed by atoms with E-state index in [0.29, 0.717) is 11.3 Å². The summed E-state index contributed by atoms with van der Waals surface area (Å²) < 4.78 is 5.03. The normalized spacial score (nSPS) is 11.8. The Labute approximate surface area is 92.3 Å². The third-order valence-corrected chi connectivity index (χ3v) is 1.93. The van der Waals surface area contributed by atoms with Gasteiger partial charge in [-0.2, -0.15) is 0 Å². The lowest BCUT2D eigenvalue weighted by atomic mass is 10.1. The second-order valence-electron chi connectivity index (χ2n) is 3.20. The Hall–Kier alpha value is -2.08. The number of hydrogen-bond donors (Lipinski definition) is 3. The van der Waals surface area contributed by atoms with Crippen LogP contribution in [0.3, 0.4) is 0 Å². The molecule has 1 atom stereocenters. The quantitative estimate of drug-likeness (QED) is 0.594. The topological polar surface area (TPSA) is 121 Å². The van der Waals surface area contributed by atoms with E-state index in [0.717, 1.165) is 0 Å². The van der Waals surface area contributed by atoms with Gasteiger partial charge in [-0.1, -0.05) is 12.1 Å². The summed E-state index contributed by atoms with van der Waals surface area (Å²) in [5.74, 6) is -0.692. The SMILES string of the molecule is NC(=O)COc1ccc(C(N)C(N)=O)cc1. The summed E-state index contributed by atoms with van der Waals surface area (Å²) in [4.78, 5) is 21.3. The lowest BCUT2D eigenvalue weighted by Gasteiger charge is -2.09. The molecule has 86 valence electrons. The van der Waals surface area contributed by atoms with E-state index in [9.17, 15) is 9.59 Å². The lowest BCUT2D eigenvalue weighted by molar-refractivity contribution is -0.120. The predicted octanol–water partition coefficient (Wildman–Crippen LogP) is -0.964. The number of benzene rings is 1. The van der Waals surface area contributed by atoms with Gasteiger partial charge >= 0.3 is 0 Å². The smallest absolute Gasteiger partial charge is 0.255 e. The largest absolute Gasteiger partial charge is 0.484 e. The molecular weight excluding hydrogens is 210 g/mol. The summed E-state index contributed by atoms with van der Waals surface area (Å²) in [6, 6.07) is 5.53. The fourth-order valence-corrected chi connectivity index (χ4v) is 1.09. The summed E-state index contributed by atoms with van der Waals surface area (Å²) in [5.41, 5.74) is 16.1. The summed E-state index contributed by atoms with van der Waals surface area (Å²) in [7, 11) is 0. The van der Waals surface area contributed by atoms with Gasteiger partial charge in [-0.25, -0.2) is 0 Å². The minimum absolute atomic E-state index is 0.193. The number of ether oxygens (including phenoxy) is 1. The van der Waals surface area contributed by atoms with Crippen molar-refractivity contribution >= 4 is 11.8 Å². The van der Waals surface area contributed by atoms with Crippen molar-refractivity contribution in [1.29, 1.82) is 0 Å². The number of carbonyl (C=O) groups is 2. The third kappa shape index (κ3) is 3.25. The molecule has 0 saturated heterocycles. The molecule has 1 aromatic carbocycles. The highest BCUT2D eigenvalue weighted by molar-refractivity contribution is 5.81. The van der Waals surface area contributed by atoms with E-state index in [2.05, 4.69) is 0 Å². The molecule has 2 amide bonds. The third-order valence-electron chi connectivity index (χ3n) is 1.93. The molecule has 0 bridgehead atoms. The van der Waals surface area contributed by atoms with Gasteiger partial charge in [0.25, 0.3) is 5.91 Å².